The fourth-order valence-corrected chi connectivity index (χ4v) is 2.87. The van der Waals surface area contributed by atoms with Gasteiger partial charge in [0.2, 0.25) is 0 Å². The van der Waals surface area contributed by atoms with Crippen LogP contribution in [0.3, 0.4) is 0 Å². The average molecular weight is 332 g/mol. The van der Waals surface area contributed by atoms with Crippen molar-refractivity contribution in [3.63, 3.8) is 0 Å². The lowest BCUT2D eigenvalue weighted by atomic mass is 10.1. The van der Waals surface area contributed by atoms with Crippen molar-refractivity contribution in [2.75, 3.05) is 6.61 Å². The van der Waals surface area contributed by atoms with E-state index in [4.69, 9.17) is 16.3 Å². The number of carbonyl (C=O) groups excluding carboxylic acids is 1. The summed E-state index contributed by atoms with van der Waals surface area (Å²) in [4.78, 5) is 16.4. The van der Waals surface area contributed by atoms with Gasteiger partial charge < -0.3 is 4.74 Å². The molecule has 2 aliphatic rings. The SMILES string of the molecule is CCOC(=O)C1=NC2=CC(c3ccccc3Cl)NN2C(CC)=C1. The number of hydrogen-bond donors (Lipinski definition) is 1. The number of nitrogens with one attached hydrogen (secondary N) is 1. The van der Waals surface area contributed by atoms with Crippen molar-refractivity contribution in [3.05, 3.63) is 58.5 Å². The molecule has 0 spiro atoms. The second-order valence-electron chi connectivity index (χ2n) is 5.20. The number of carbonyl (C=O) groups is 1. The van der Waals surface area contributed by atoms with Crippen LogP contribution in [0.15, 0.2) is 52.9 Å². The maximum atomic E-state index is 12.0. The lowest BCUT2D eigenvalue weighted by Crippen LogP contribution is -2.36. The number of allylic oxidation sites excluding steroid dienone is 1. The summed E-state index contributed by atoms with van der Waals surface area (Å²) >= 11 is 6.28. The first kappa shape index (κ1) is 15.8. The predicted molar refractivity (Wildman–Crippen MR) is 89.7 cm³/mol. The third-order valence-corrected chi connectivity index (χ3v) is 4.07. The molecular formula is C17H18ClN3O2. The molecule has 0 radical (unpaired) electrons. The molecule has 2 heterocycles. The van der Waals surface area contributed by atoms with E-state index in [1.54, 1.807) is 13.0 Å². The van der Waals surface area contributed by atoms with Crippen LogP contribution >= 0.6 is 11.6 Å². The zero-order valence-electron chi connectivity index (χ0n) is 13.0. The highest BCUT2D eigenvalue weighted by Crippen LogP contribution is 2.33. The molecule has 0 amide bonds. The summed E-state index contributed by atoms with van der Waals surface area (Å²) in [5, 5.41) is 2.59. The average Bonchev–Trinajstić information content (AvgIpc) is 2.98. The molecule has 5 nitrogen and oxygen atoms in total. The Morgan fingerprint density at radius 2 is 2.17 bits per heavy atom. The Kier molecular flexibility index (Phi) is 4.50. The molecule has 1 N–H and O–H groups in total. The zero-order chi connectivity index (χ0) is 16.4. The van der Waals surface area contributed by atoms with E-state index in [9.17, 15) is 4.79 Å². The molecule has 1 atom stereocenters. The van der Waals surface area contributed by atoms with Crippen LogP contribution in [0.25, 0.3) is 0 Å². The standard InChI is InChI=1S/C17H18ClN3O2/c1-3-11-9-15(17(22)23-4-2)19-16-10-14(20-21(11)16)12-7-5-6-8-13(12)18/h5-10,14,20H,3-4H2,1-2H3. The molecule has 1 aromatic carbocycles. The summed E-state index contributed by atoms with van der Waals surface area (Å²) < 4.78 is 5.05. The summed E-state index contributed by atoms with van der Waals surface area (Å²) in [6, 6.07) is 7.59. The second-order valence-corrected chi connectivity index (χ2v) is 5.60. The van der Waals surface area contributed by atoms with E-state index in [1.165, 1.54) is 0 Å². The van der Waals surface area contributed by atoms with Crippen LogP contribution in [0.4, 0.5) is 0 Å². The van der Waals surface area contributed by atoms with Crippen LogP contribution in [0.2, 0.25) is 5.02 Å². The van der Waals surface area contributed by atoms with Gasteiger partial charge in [0.05, 0.1) is 12.6 Å². The number of esters is 1. The second kappa shape index (κ2) is 6.56. The fourth-order valence-electron chi connectivity index (χ4n) is 2.62. The Labute approximate surface area is 140 Å². The topological polar surface area (TPSA) is 53.9 Å². The van der Waals surface area contributed by atoms with Gasteiger partial charge in [-0.1, -0.05) is 36.7 Å². The molecule has 0 fully saturated rings. The largest absolute Gasteiger partial charge is 0.461 e. The molecule has 0 bridgehead atoms. The Bertz CT molecular complexity index is 724. The lowest BCUT2D eigenvalue weighted by molar-refractivity contribution is -0.134. The number of ether oxygens (including phenoxy) is 1. The minimum absolute atomic E-state index is 0.0843. The van der Waals surface area contributed by atoms with Gasteiger partial charge in [-0.15, -0.1) is 0 Å². The molecule has 1 unspecified atom stereocenters. The van der Waals surface area contributed by atoms with E-state index in [-0.39, 0.29) is 6.04 Å². The van der Waals surface area contributed by atoms with Gasteiger partial charge in [0, 0.05) is 10.7 Å². The Hall–Kier alpha value is -2.11. The minimum Gasteiger partial charge on any atom is -0.461 e. The summed E-state index contributed by atoms with van der Waals surface area (Å²) in [6.07, 6.45) is 4.48. The van der Waals surface area contributed by atoms with Crippen LogP contribution in [0, 0.1) is 0 Å². The van der Waals surface area contributed by atoms with Crippen molar-refractivity contribution in [1.29, 1.82) is 0 Å². The highest BCUT2D eigenvalue weighted by Gasteiger charge is 2.31. The number of rotatable bonds is 4. The first-order valence-corrected chi connectivity index (χ1v) is 8.00. The van der Waals surface area contributed by atoms with Crippen molar-refractivity contribution >= 4 is 23.3 Å². The number of benzene rings is 1. The highest BCUT2D eigenvalue weighted by molar-refractivity contribution is 6.41. The van der Waals surface area contributed by atoms with E-state index < -0.39 is 5.97 Å². The van der Waals surface area contributed by atoms with Gasteiger partial charge in [0.1, 0.15) is 5.82 Å². The smallest absolute Gasteiger partial charge is 0.357 e. The molecule has 0 aromatic heterocycles. The molecule has 2 aliphatic heterocycles. The number of aliphatic imine (C=N–C) groups is 1. The maximum Gasteiger partial charge on any atom is 0.357 e. The number of fused-ring (bicyclic) bond motifs is 1. The molecule has 6 heteroatoms. The maximum absolute atomic E-state index is 12.0. The van der Waals surface area contributed by atoms with Crippen molar-refractivity contribution in [2.45, 2.75) is 26.3 Å². The summed E-state index contributed by atoms with van der Waals surface area (Å²) in [7, 11) is 0. The van der Waals surface area contributed by atoms with E-state index in [1.807, 2.05) is 42.3 Å². The Balaban J connectivity index is 1.94. The molecule has 3 rings (SSSR count). The van der Waals surface area contributed by atoms with Gasteiger partial charge in [-0.3, -0.25) is 5.01 Å². The summed E-state index contributed by atoms with van der Waals surface area (Å²) in [5.74, 6) is 0.289. The van der Waals surface area contributed by atoms with Crippen LogP contribution in [-0.2, 0) is 9.53 Å². The van der Waals surface area contributed by atoms with Gasteiger partial charge in [-0.25, -0.2) is 15.2 Å². The van der Waals surface area contributed by atoms with Crippen LogP contribution in [0.1, 0.15) is 31.9 Å². The Morgan fingerprint density at radius 3 is 2.87 bits per heavy atom. The molecule has 0 saturated heterocycles. The highest BCUT2D eigenvalue weighted by atomic mass is 35.5. The van der Waals surface area contributed by atoms with E-state index in [0.717, 1.165) is 17.7 Å². The van der Waals surface area contributed by atoms with Crippen molar-refractivity contribution in [1.82, 2.24) is 10.4 Å². The third-order valence-electron chi connectivity index (χ3n) is 3.73. The third kappa shape index (κ3) is 3.02. The lowest BCUT2D eigenvalue weighted by Gasteiger charge is -2.27. The van der Waals surface area contributed by atoms with E-state index in [0.29, 0.717) is 23.2 Å². The molecule has 0 aliphatic carbocycles. The zero-order valence-corrected chi connectivity index (χ0v) is 13.8. The number of hydrogen-bond acceptors (Lipinski definition) is 5. The normalized spacial score (nSPS) is 19.7. The van der Waals surface area contributed by atoms with Gasteiger partial charge in [0.15, 0.2) is 5.71 Å². The van der Waals surface area contributed by atoms with Crippen molar-refractivity contribution < 1.29 is 9.53 Å². The van der Waals surface area contributed by atoms with Gasteiger partial charge >= 0.3 is 5.97 Å². The molecule has 1 aromatic rings. The first-order chi connectivity index (χ1) is 11.1. The molecular weight excluding hydrogens is 314 g/mol. The van der Waals surface area contributed by atoms with Gasteiger partial charge in [-0.05, 0) is 37.1 Å². The van der Waals surface area contributed by atoms with E-state index >= 15 is 0 Å². The Morgan fingerprint density at radius 1 is 1.39 bits per heavy atom. The molecule has 120 valence electrons. The van der Waals surface area contributed by atoms with Gasteiger partial charge in [0.25, 0.3) is 0 Å². The number of nitrogens with zero attached hydrogens (tertiary/aromatic N) is 2. The predicted octanol–water partition coefficient (Wildman–Crippen LogP) is 3.35. The van der Waals surface area contributed by atoms with E-state index in [2.05, 4.69) is 10.4 Å². The summed E-state index contributed by atoms with van der Waals surface area (Å²) in [5.41, 5.74) is 5.63. The van der Waals surface area contributed by atoms with Crippen molar-refractivity contribution in [3.8, 4) is 0 Å². The molecule has 23 heavy (non-hydrogen) atoms. The number of halogens is 1. The number of hydrazine groups is 1. The minimum atomic E-state index is -0.403. The summed E-state index contributed by atoms with van der Waals surface area (Å²) in [6.45, 7) is 4.14. The fraction of sp³-hybridized carbons (Fsp3) is 0.294. The first-order valence-electron chi connectivity index (χ1n) is 7.63. The van der Waals surface area contributed by atoms with Crippen LogP contribution in [0.5, 0.6) is 0 Å². The van der Waals surface area contributed by atoms with Gasteiger partial charge in [-0.2, -0.15) is 0 Å². The monoisotopic (exact) mass is 331 g/mol. The van der Waals surface area contributed by atoms with Crippen LogP contribution < -0.4 is 5.43 Å². The van der Waals surface area contributed by atoms with Crippen molar-refractivity contribution in [2.24, 2.45) is 4.99 Å². The van der Waals surface area contributed by atoms with Crippen LogP contribution in [-0.4, -0.2) is 23.3 Å². The molecule has 0 saturated carbocycles. The quantitative estimate of drug-likeness (QED) is 0.860.